The maximum Gasteiger partial charge on any atom is 0.449 e. The van der Waals surface area contributed by atoms with Crippen LogP contribution in [0.2, 0.25) is 0 Å². The zero-order valence-electron chi connectivity index (χ0n) is 12.8. The second-order valence-electron chi connectivity index (χ2n) is 6.48. The van der Waals surface area contributed by atoms with Crippen LogP contribution in [0.1, 0.15) is 32.1 Å². The molecule has 0 aromatic carbocycles. The van der Waals surface area contributed by atoms with Crippen molar-refractivity contribution in [3.05, 3.63) is 0 Å². The van der Waals surface area contributed by atoms with Crippen molar-refractivity contribution in [3.63, 3.8) is 0 Å². The molecule has 0 bridgehead atoms. The number of hydrogen-bond acceptors (Lipinski definition) is 3. The molecule has 3 unspecified atom stereocenters. The van der Waals surface area contributed by atoms with Crippen LogP contribution in [0.15, 0.2) is 0 Å². The van der Waals surface area contributed by atoms with Gasteiger partial charge in [0.2, 0.25) is 11.7 Å². The predicted octanol–water partition coefficient (Wildman–Crippen LogP) is 3.78. The van der Waals surface area contributed by atoms with Crippen LogP contribution >= 0.6 is 0 Å². The minimum Gasteiger partial charge on any atom is -0.378 e. The van der Waals surface area contributed by atoms with E-state index in [4.69, 9.17) is 0 Å². The summed E-state index contributed by atoms with van der Waals surface area (Å²) in [6.07, 6.45) is -18.8. The first-order valence-corrected chi connectivity index (χ1v) is 7.46. The lowest BCUT2D eigenvalue weighted by molar-refractivity contribution is -0.539. The topological polar surface area (TPSA) is 49.7 Å². The first kappa shape index (κ1) is 21.5. The first-order valence-electron chi connectivity index (χ1n) is 7.46. The second kappa shape index (κ2) is 5.84. The Balaban J connectivity index is 2.74. The fourth-order valence-electron chi connectivity index (χ4n) is 3.55. The molecule has 0 radical (unpaired) electrons. The lowest BCUT2D eigenvalue weighted by Crippen LogP contribution is -2.84. The van der Waals surface area contributed by atoms with Crippen molar-refractivity contribution >= 4 is 0 Å². The van der Waals surface area contributed by atoms with Gasteiger partial charge in [0.25, 0.3) is 0 Å². The summed E-state index contributed by atoms with van der Waals surface area (Å²) in [6.45, 7) is 0. The summed E-state index contributed by atoms with van der Waals surface area (Å²) in [4.78, 5) is 0. The molecule has 0 spiro atoms. The van der Waals surface area contributed by atoms with Crippen LogP contribution in [-0.4, -0.2) is 51.9 Å². The third-order valence-corrected chi connectivity index (χ3v) is 4.91. The fourth-order valence-corrected chi connectivity index (χ4v) is 3.55. The van der Waals surface area contributed by atoms with Gasteiger partial charge in [-0.1, -0.05) is 19.3 Å². The Morgan fingerprint density at radius 2 is 1.27 bits per heavy atom. The molecule has 1 saturated heterocycles. The highest BCUT2D eigenvalue weighted by Gasteiger charge is 2.91. The van der Waals surface area contributed by atoms with Gasteiger partial charge in [-0.25, -0.2) is 0 Å². The Labute approximate surface area is 139 Å². The molecule has 0 amide bonds. The standard InChI is InChI=1S/C13H14F10O3/c14-9(15)7(10(16,17)18)26-12(25,13(21,22)23)11(19,20)8(9,24)6-4-2-1-3-5-6/h6-7,24-25H,1-5H2. The zero-order valence-corrected chi connectivity index (χ0v) is 12.8. The van der Waals surface area contributed by atoms with E-state index in [-0.39, 0.29) is 12.8 Å². The van der Waals surface area contributed by atoms with Gasteiger partial charge in [0.1, 0.15) is 0 Å². The van der Waals surface area contributed by atoms with Gasteiger partial charge in [0.05, 0.1) is 0 Å². The number of rotatable bonds is 1. The van der Waals surface area contributed by atoms with E-state index in [0.717, 1.165) is 0 Å². The van der Waals surface area contributed by atoms with Crippen molar-refractivity contribution < 1.29 is 58.9 Å². The molecule has 3 atom stereocenters. The molecule has 1 saturated carbocycles. The molecule has 1 aliphatic carbocycles. The molecule has 0 aromatic rings. The van der Waals surface area contributed by atoms with Crippen molar-refractivity contribution in [1.82, 2.24) is 0 Å². The zero-order chi connectivity index (χ0) is 20.4. The molecule has 2 fully saturated rings. The first-order chi connectivity index (χ1) is 11.4. The molecule has 13 heteroatoms. The SMILES string of the molecule is OC1(C(F)(F)F)OC(C(F)(F)F)C(F)(F)C(O)(C2CCCCC2)C1(F)F. The second-order valence-corrected chi connectivity index (χ2v) is 6.48. The van der Waals surface area contributed by atoms with Gasteiger partial charge in [0.15, 0.2) is 0 Å². The van der Waals surface area contributed by atoms with Crippen molar-refractivity contribution in [2.45, 2.75) is 73.8 Å². The Kier molecular flexibility index (Phi) is 4.82. The van der Waals surface area contributed by atoms with Crippen LogP contribution in [-0.2, 0) is 4.74 Å². The molecule has 3 nitrogen and oxygen atoms in total. The largest absolute Gasteiger partial charge is 0.449 e. The van der Waals surface area contributed by atoms with Gasteiger partial charge in [-0.15, -0.1) is 0 Å². The number of alkyl halides is 10. The summed E-state index contributed by atoms with van der Waals surface area (Å²) < 4.78 is 138. The van der Waals surface area contributed by atoms with Gasteiger partial charge in [-0.2, -0.15) is 43.9 Å². The van der Waals surface area contributed by atoms with Gasteiger partial charge in [-0.05, 0) is 12.8 Å². The molecule has 1 heterocycles. The summed E-state index contributed by atoms with van der Waals surface area (Å²) >= 11 is 0. The molecule has 2 rings (SSSR count). The van der Waals surface area contributed by atoms with E-state index in [1.165, 1.54) is 0 Å². The Hall–Kier alpha value is -0.820. The summed E-state index contributed by atoms with van der Waals surface area (Å²) in [6, 6.07) is 0. The Morgan fingerprint density at radius 1 is 0.808 bits per heavy atom. The quantitative estimate of drug-likeness (QED) is 0.650. The molecular weight excluding hydrogens is 394 g/mol. The normalized spacial score (nSPS) is 39.0. The molecular formula is C13H14F10O3. The van der Waals surface area contributed by atoms with E-state index in [9.17, 15) is 54.1 Å². The number of ether oxygens (including phenoxy) is 1. The van der Waals surface area contributed by atoms with E-state index >= 15 is 0 Å². The highest BCUT2D eigenvalue weighted by molar-refractivity contribution is 5.20. The maximum atomic E-state index is 14.4. The van der Waals surface area contributed by atoms with Crippen LogP contribution in [0.3, 0.4) is 0 Å². The van der Waals surface area contributed by atoms with E-state index in [2.05, 4.69) is 4.74 Å². The summed E-state index contributed by atoms with van der Waals surface area (Å²) in [5.41, 5.74) is -5.12. The smallest absolute Gasteiger partial charge is 0.378 e. The van der Waals surface area contributed by atoms with Crippen LogP contribution in [0.5, 0.6) is 0 Å². The molecule has 26 heavy (non-hydrogen) atoms. The van der Waals surface area contributed by atoms with Gasteiger partial charge in [-0.3, -0.25) is 0 Å². The van der Waals surface area contributed by atoms with E-state index in [0.29, 0.717) is 6.42 Å². The van der Waals surface area contributed by atoms with Crippen molar-refractivity contribution in [1.29, 1.82) is 0 Å². The van der Waals surface area contributed by atoms with Crippen molar-refractivity contribution in [2.24, 2.45) is 5.92 Å². The molecule has 154 valence electrons. The molecule has 0 aromatic heterocycles. The van der Waals surface area contributed by atoms with Crippen LogP contribution in [0, 0.1) is 5.92 Å². The van der Waals surface area contributed by atoms with Gasteiger partial charge < -0.3 is 14.9 Å². The third-order valence-electron chi connectivity index (χ3n) is 4.91. The average Bonchev–Trinajstić information content (AvgIpc) is 2.48. The van der Waals surface area contributed by atoms with Gasteiger partial charge in [0, 0.05) is 5.92 Å². The number of halogens is 10. The van der Waals surface area contributed by atoms with E-state index < -0.39 is 60.4 Å². The highest BCUT2D eigenvalue weighted by Crippen LogP contribution is 2.64. The van der Waals surface area contributed by atoms with E-state index in [1.54, 1.807) is 0 Å². The van der Waals surface area contributed by atoms with Crippen LogP contribution < -0.4 is 0 Å². The fraction of sp³-hybridized carbons (Fsp3) is 1.00. The van der Waals surface area contributed by atoms with Crippen LogP contribution in [0.4, 0.5) is 43.9 Å². The Bertz CT molecular complexity index is 539. The monoisotopic (exact) mass is 408 g/mol. The lowest BCUT2D eigenvalue weighted by Gasteiger charge is -2.57. The number of hydrogen-bond donors (Lipinski definition) is 2. The van der Waals surface area contributed by atoms with Crippen molar-refractivity contribution in [3.8, 4) is 0 Å². The minimum atomic E-state index is -6.60. The predicted molar refractivity (Wildman–Crippen MR) is 63.4 cm³/mol. The van der Waals surface area contributed by atoms with Crippen molar-refractivity contribution in [2.75, 3.05) is 0 Å². The number of aliphatic hydroxyl groups is 2. The maximum absolute atomic E-state index is 14.4. The molecule has 1 aliphatic heterocycles. The third kappa shape index (κ3) is 2.60. The summed E-state index contributed by atoms with van der Waals surface area (Å²) in [5.74, 6) is -20.3. The van der Waals surface area contributed by atoms with E-state index in [1.807, 2.05) is 0 Å². The van der Waals surface area contributed by atoms with Gasteiger partial charge >= 0.3 is 30.0 Å². The summed E-state index contributed by atoms with van der Waals surface area (Å²) in [7, 11) is 0. The molecule has 2 aliphatic rings. The molecule has 2 N–H and O–H groups in total. The Morgan fingerprint density at radius 3 is 1.65 bits per heavy atom. The lowest BCUT2D eigenvalue weighted by atomic mass is 9.65. The van der Waals surface area contributed by atoms with Crippen LogP contribution in [0.25, 0.3) is 0 Å². The average molecular weight is 408 g/mol. The minimum absolute atomic E-state index is 0.0683. The summed E-state index contributed by atoms with van der Waals surface area (Å²) in [5, 5.41) is 19.3. The highest BCUT2D eigenvalue weighted by atomic mass is 19.4.